The SMILES string of the molecule is CCCCCCC(Cl)CBr. The summed E-state index contributed by atoms with van der Waals surface area (Å²) in [5, 5.41) is 1.28. The third-order valence-corrected chi connectivity index (χ3v) is 3.07. The Kier molecular flexibility index (Phi) is 8.48. The molecule has 0 aliphatic carbocycles. The minimum Gasteiger partial charge on any atom is -0.122 e. The predicted octanol–water partition coefficient (Wildman–Crippen LogP) is 3.96. The molecule has 0 fully saturated rings. The fraction of sp³-hybridized carbons (Fsp3) is 1.00. The first kappa shape index (κ1) is 10.8. The van der Waals surface area contributed by atoms with Crippen LogP contribution in [0.3, 0.4) is 0 Å². The minimum atomic E-state index is 0.344. The van der Waals surface area contributed by atoms with Gasteiger partial charge in [-0.1, -0.05) is 48.5 Å². The average molecular weight is 228 g/mol. The first-order valence-corrected chi connectivity index (χ1v) is 5.57. The Bertz CT molecular complexity index is 66.3. The van der Waals surface area contributed by atoms with Crippen LogP contribution in [0.15, 0.2) is 0 Å². The van der Waals surface area contributed by atoms with Gasteiger partial charge in [-0.2, -0.15) is 0 Å². The highest BCUT2D eigenvalue weighted by Gasteiger charge is 1.99. The predicted molar refractivity (Wildman–Crippen MR) is 52.2 cm³/mol. The molecular weight excluding hydrogens is 211 g/mol. The summed E-state index contributed by atoms with van der Waals surface area (Å²) in [7, 11) is 0. The van der Waals surface area contributed by atoms with E-state index in [1.807, 2.05) is 0 Å². The van der Waals surface area contributed by atoms with Gasteiger partial charge in [-0.3, -0.25) is 0 Å². The normalized spacial score (nSPS) is 13.5. The molecule has 0 aliphatic heterocycles. The van der Waals surface area contributed by atoms with Gasteiger partial charge >= 0.3 is 0 Å². The van der Waals surface area contributed by atoms with Crippen LogP contribution >= 0.6 is 27.5 Å². The van der Waals surface area contributed by atoms with Gasteiger partial charge in [-0.15, -0.1) is 11.6 Å². The molecule has 0 aromatic rings. The van der Waals surface area contributed by atoms with Gasteiger partial charge in [0.05, 0.1) is 0 Å². The molecule has 0 heterocycles. The van der Waals surface area contributed by atoms with Gasteiger partial charge < -0.3 is 0 Å². The number of unbranched alkanes of at least 4 members (excludes halogenated alkanes) is 3. The van der Waals surface area contributed by atoms with Gasteiger partial charge in [-0.25, -0.2) is 0 Å². The van der Waals surface area contributed by atoms with Gasteiger partial charge in [0.15, 0.2) is 0 Å². The first-order valence-electron chi connectivity index (χ1n) is 4.01. The van der Waals surface area contributed by atoms with Crippen LogP contribution in [0.4, 0.5) is 0 Å². The van der Waals surface area contributed by atoms with Crippen molar-refractivity contribution in [1.82, 2.24) is 0 Å². The summed E-state index contributed by atoms with van der Waals surface area (Å²) in [4.78, 5) is 0. The zero-order valence-corrected chi connectivity index (χ0v) is 8.92. The Morgan fingerprint density at radius 2 is 2.00 bits per heavy atom. The number of rotatable bonds is 6. The molecule has 1 atom stereocenters. The summed E-state index contributed by atoms with van der Waals surface area (Å²) in [6.07, 6.45) is 6.44. The zero-order chi connectivity index (χ0) is 7.82. The van der Waals surface area contributed by atoms with Gasteiger partial charge in [0, 0.05) is 10.7 Å². The van der Waals surface area contributed by atoms with Crippen molar-refractivity contribution in [3.05, 3.63) is 0 Å². The average Bonchev–Trinajstić information content (AvgIpc) is 1.98. The van der Waals surface area contributed by atoms with Gasteiger partial charge in [0.1, 0.15) is 0 Å². The third kappa shape index (κ3) is 6.88. The van der Waals surface area contributed by atoms with Crippen molar-refractivity contribution in [2.75, 3.05) is 5.33 Å². The van der Waals surface area contributed by atoms with Crippen LogP contribution in [-0.4, -0.2) is 10.7 Å². The lowest BCUT2D eigenvalue weighted by molar-refractivity contribution is 0.631. The highest BCUT2D eigenvalue weighted by atomic mass is 79.9. The third-order valence-electron chi connectivity index (χ3n) is 1.54. The molecule has 0 radical (unpaired) electrons. The Hall–Kier alpha value is 0.770. The van der Waals surface area contributed by atoms with Crippen molar-refractivity contribution in [3.8, 4) is 0 Å². The molecule has 0 spiro atoms. The highest BCUT2D eigenvalue weighted by Crippen LogP contribution is 2.11. The molecule has 0 nitrogen and oxygen atoms in total. The molecular formula is C8H16BrCl. The molecule has 0 saturated carbocycles. The zero-order valence-electron chi connectivity index (χ0n) is 6.58. The number of hydrogen-bond acceptors (Lipinski definition) is 0. The van der Waals surface area contributed by atoms with Crippen LogP contribution in [0, 0.1) is 0 Å². The molecule has 0 aromatic heterocycles. The van der Waals surface area contributed by atoms with Crippen LogP contribution in [0.25, 0.3) is 0 Å². The Labute approximate surface area is 77.5 Å². The lowest BCUT2D eigenvalue weighted by Gasteiger charge is -2.03. The Balaban J connectivity index is 2.89. The van der Waals surface area contributed by atoms with Crippen molar-refractivity contribution >= 4 is 27.5 Å². The quantitative estimate of drug-likeness (QED) is 0.476. The first-order chi connectivity index (χ1) is 4.81. The van der Waals surface area contributed by atoms with Gasteiger partial charge in [-0.05, 0) is 6.42 Å². The minimum absolute atomic E-state index is 0.344. The van der Waals surface area contributed by atoms with E-state index in [0.29, 0.717) is 5.38 Å². The Morgan fingerprint density at radius 3 is 2.50 bits per heavy atom. The molecule has 0 N–H and O–H groups in total. The van der Waals surface area contributed by atoms with E-state index in [4.69, 9.17) is 11.6 Å². The van der Waals surface area contributed by atoms with Crippen molar-refractivity contribution in [1.29, 1.82) is 0 Å². The summed E-state index contributed by atoms with van der Waals surface area (Å²) in [6, 6.07) is 0. The molecule has 0 rings (SSSR count). The molecule has 62 valence electrons. The summed E-state index contributed by atoms with van der Waals surface area (Å²) in [5.41, 5.74) is 0. The highest BCUT2D eigenvalue weighted by molar-refractivity contribution is 9.09. The van der Waals surface area contributed by atoms with E-state index in [-0.39, 0.29) is 0 Å². The van der Waals surface area contributed by atoms with Crippen molar-refractivity contribution in [2.24, 2.45) is 0 Å². The Morgan fingerprint density at radius 1 is 1.30 bits per heavy atom. The van der Waals surface area contributed by atoms with Crippen molar-refractivity contribution < 1.29 is 0 Å². The largest absolute Gasteiger partial charge is 0.122 e. The van der Waals surface area contributed by atoms with E-state index in [1.54, 1.807) is 0 Å². The van der Waals surface area contributed by atoms with E-state index in [1.165, 1.54) is 25.7 Å². The summed E-state index contributed by atoms with van der Waals surface area (Å²) < 4.78 is 0. The van der Waals surface area contributed by atoms with Crippen molar-refractivity contribution in [3.63, 3.8) is 0 Å². The molecule has 0 aliphatic rings. The molecule has 10 heavy (non-hydrogen) atoms. The summed E-state index contributed by atoms with van der Waals surface area (Å²) >= 11 is 9.25. The van der Waals surface area contributed by atoms with E-state index >= 15 is 0 Å². The van der Waals surface area contributed by atoms with Crippen LogP contribution in [0.1, 0.15) is 39.0 Å². The molecule has 0 aromatic carbocycles. The molecule has 1 unspecified atom stereocenters. The monoisotopic (exact) mass is 226 g/mol. The van der Waals surface area contributed by atoms with Crippen LogP contribution < -0.4 is 0 Å². The number of halogens is 2. The maximum absolute atomic E-state index is 5.90. The second-order valence-electron chi connectivity index (χ2n) is 2.60. The van der Waals surface area contributed by atoms with Crippen LogP contribution in [0.2, 0.25) is 0 Å². The van der Waals surface area contributed by atoms with Gasteiger partial charge in [0.25, 0.3) is 0 Å². The maximum Gasteiger partial charge on any atom is 0.0432 e. The van der Waals surface area contributed by atoms with Gasteiger partial charge in [0.2, 0.25) is 0 Å². The van der Waals surface area contributed by atoms with E-state index in [9.17, 15) is 0 Å². The van der Waals surface area contributed by atoms with E-state index in [0.717, 1.165) is 11.8 Å². The lowest BCUT2D eigenvalue weighted by Crippen LogP contribution is -1.98. The standard InChI is InChI=1S/C8H16BrCl/c1-2-3-4-5-6-8(10)7-9/h8H,2-7H2,1H3. The van der Waals surface area contributed by atoms with Crippen LogP contribution in [0.5, 0.6) is 0 Å². The molecule has 0 saturated heterocycles. The lowest BCUT2D eigenvalue weighted by atomic mass is 10.1. The van der Waals surface area contributed by atoms with E-state index in [2.05, 4.69) is 22.9 Å². The summed E-state index contributed by atoms with van der Waals surface area (Å²) in [5.74, 6) is 0. The molecule has 0 bridgehead atoms. The summed E-state index contributed by atoms with van der Waals surface area (Å²) in [6.45, 7) is 2.22. The molecule has 0 amide bonds. The topological polar surface area (TPSA) is 0 Å². The second kappa shape index (κ2) is 7.87. The molecule has 2 heteroatoms. The van der Waals surface area contributed by atoms with Crippen molar-refractivity contribution in [2.45, 2.75) is 44.4 Å². The fourth-order valence-electron chi connectivity index (χ4n) is 0.870. The number of alkyl halides is 2. The smallest absolute Gasteiger partial charge is 0.0432 e. The number of hydrogen-bond donors (Lipinski definition) is 0. The van der Waals surface area contributed by atoms with Crippen LogP contribution in [-0.2, 0) is 0 Å². The second-order valence-corrected chi connectivity index (χ2v) is 3.87. The maximum atomic E-state index is 5.90. The van der Waals surface area contributed by atoms with E-state index < -0.39 is 0 Å². The fourth-order valence-corrected chi connectivity index (χ4v) is 1.35.